The molecule has 0 unspecified atom stereocenters. The Labute approximate surface area is 112 Å². The van der Waals surface area contributed by atoms with E-state index in [4.69, 9.17) is 4.74 Å². The number of morpholine rings is 1. The first kappa shape index (κ1) is 13.4. The predicted octanol–water partition coefficient (Wildman–Crippen LogP) is 2.59. The molecule has 1 amide bonds. The van der Waals surface area contributed by atoms with Crippen LogP contribution in [0.2, 0.25) is 0 Å². The first-order valence-electron chi connectivity index (χ1n) is 5.54. The van der Waals surface area contributed by atoms with E-state index in [0.29, 0.717) is 24.2 Å². The minimum atomic E-state index is -1.11. The van der Waals surface area contributed by atoms with Gasteiger partial charge in [-0.15, -0.1) is 0 Å². The van der Waals surface area contributed by atoms with Gasteiger partial charge in [0, 0.05) is 17.6 Å². The first-order valence-corrected chi connectivity index (χ1v) is 6.33. The molecule has 0 bridgehead atoms. The van der Waals surface area contributed by atoms with Crippen molar-refractivity contribution in [2.24, 2.45) is 0 Å². The molecule has 0 spiro atoms. The Morgan fingerprint density at radius 1 is 1.50 bits per heavy atom. The number of halogens is 3. The molecule has 0 radical (unpaired) electrons. The molecule has 1 fully saturated rings. The van der Waals surface area contributed by atoms with E-state index in [9.17, 15) is 13.6 Å². The predicted molar refractivity (Wildman–Crippen MR) is 65.4 cm³/mol. The summed E-state index contributed by atoms with van der Waals surface area (Å²) in [5.74, 6) is -2.65. The van der Waals surface area contributed by atoms with Gasteiger partial charge in [0.05, 0.1) is 18.3 Å². The summed E-state index contributed by atoms with van der Waals surface area (Å²) in [6.45, 7) is 3.01. The highest BCUT2D eigenvalue weighted by Gasteiger charge is 2.26. The molecule has 1 aromatic rings. The van der Waals surface area contributed by atoms with E-state index < -0.39 is 17.5 Å². The molecule has 0 aromatic heterocycles. The molecule has 1 saturated heterocycles. The third-order valence-electron chi connectivity index (χ3n) is 2.75. The second-order valence-electron chi connectivity index (χ2n) is 4.18. The highest BCUT2D eigenvalue weighted by Crippen LogP contribution is 2.21. The van der Waals surface area contributed by atoms with Gasteiger partial charge < -0.3 is 9.64 Å². The van der Waals surface area contributed by atoms with E-state index in [2.05, 4.69) is 15.9 Å². The zero-order valence-electron chi connectivity index (χ0n) is 9.75. The molecule has 0 N–H and O–H groups in total. The minimum Gasteiger partial charge on any atom is -0.375 e. The van der Waals surface area contributed by atoms with Gasteiger partial charge in [-0.3, -0.25) is 4.79 Å². The summed E-state index contributed by atoms with van der Waals surface area (Å²) in [5.41, 5.74) is -0.254. The van der Waals surface area contributed by atoms with Crippen molar-refractivity contribution < 1.29 is 18.3 Å². The molecular formula is C12H12BrF2NO2. The number of carbonyl (C=O) groups is 1. The largest absolute Gasteiger partial charge is 0.375 e. The molecule has 0 saturated carbocycles. The van der Waals surface area contributed by atoms with E-state index in [0.717, 1.165) is 6.07 Å². The Morgan fingerprint density at radius 2 is 2.22 bits per heavy atom. The summed E-state index contributed by atoms with van der Waals surface area (Å²) >= 11 is 3.05. The summed E-state index contributed by atoms with van der Waals surface area (Å²) < 4.78 is 32.5. The summed E-state index contributed by atoms with van der Waals surface area (Å²) in [4.78, 5) is 13.6. The molecular weight excluding hydrogens is 308 g/mol. The topological polar surface area (TPSA) is 29.5 Å². The summed E-state index contributed by atoms with van der Waals surface area (Å²) in [5, 5.41) is 0. The van der Waals surface area contributed by atoms with Crippen LogP contribution in [-0.4, -0.2) is 36.6 Å². The molecule has 1 aliphatic rings. The second-order valence-corrected chi connectivity index (χ2v) is 5.10. The maximum absolute atomic E-state index is 13.6. The maximum Gasteiger partial charge on any atom is 0.257 e. The maximum atomic E-state index is 13.6. The lowest BCUT2D eigenvalue weighted by Gasteiger charge is -2.31. The van der Waals surface area contributed by atoms with Crippen molar-refractivity contribution in [2.45, 2.75) is 13.0 Å². The number of hydrogen-bond donors (Lipinski definition) is 0. The van der Waals surface area contributed by atoms with Gasteiger partial charge in [0.2, 0.25) is 0 Å². The highest BCUT2D eigenvalue weighted by molar-refractivity contribution is 9.10. The number of amides is 1. The SMILES string of the molecule is C[C@H]1CN(C(=O)c2cc(Br)cc(F)c2F)CCO1. The molecule has 1 aromatic carbocycles. The van der Waals surface area contributed by atoms with E-state index in [-0.39, 0.29) is 11.7 Å². The normalized spacial score (nSPS) is 20.0. The minimum absolute atomic E-state index is 0.0947. The Bertz CT molecular complexity index is 481. The van der Waals surface area contributed by atoms with E-state index in [1.54, 1.807) is 0 Å². The van der Waals surface area contributed by atoms with Crippen LogP contribution in [0.4, 0.5) is 8.78 Å². The Balaban J connectivity index is 2.28. The summed E-state index contributed by atoms with van der Waals surface area (Å²) in [7, 11) is 0. The zero-order chi connectivity index (χ0) is 13.3. The van der Waals surface area contributed by atoms with Crippen LogP contribution in [0, 0.1) is 11.6 Å². The highest BCUT2D eigenvalue weighted by atomic mass is 79.9. The lowest BCUT2D eigenvalue weighted by molar-refractivity contribution is -0.0126. The van der Waals surface area contributed by atoms with Crippen LogP contribution in [0.5, 0.6) is 0 Å². The number of carbonyl (C=O) groups excluding carboxylic acids is 1. The number of rotatable bonds is 1. The molecule has 98 valence electrons. The Kier molecular flexibility index (Phi) is 3.97. The first-order chi connectivity index (χ1) is 8.49. The summed E-state index contributed by atoms with van der Waals surface area (Å²) in [6, 6.07) is 2.29. The van der Waals surface area contributed by atoms with Crippen LogP contribution in [-0.2, 0) is 4.74 Å². The average Bonchev–Trinajstić information content (AvgIpc) is 2.33. The number of ether oxygens (including phenoxy) is 1. The van der Waals surface area contributed by atoms with Crippen molar-refractivity contribution in [1.82, 2.24) is 4.90 Å². The van der Waals surface area contributed by atoms with Gasteiger partial charge in [-0.2, -0.15) is 0 Å². The van der Waals surface area contributed by atoms with Gasteiger partial charge in [-0.25, -0.2) is 8.78 Å². The quantitative estimate of drug-likeness (QED) is 0.745. The molecule has 1 heterocycles. The molecule has 1 atom stereocenters. The second kappa shape index (κ2) is 5.32. The molecule has 0 aliphatic carbocycles. The number of nitrogens with zero attached hydrogens (tertiary/aromatic N) is 1. The lowest BCUT2D eigenvalue weighted by atomic mass is 10.1. The molecule has 18 heavy (non-hydrogen) atoms. The average molecular weight is 320 g/mol. The van der Waals surface area contributed by atoms with Gasteiger partial charge in [0.25, 0.3) is 5.91 Å². The summed E-state index contributed by atoms with van der Waals surface area (Å²) in [6.07, 6.45) is -0.0947. The third kappa shape index (κ3) is 2.70. The molecule has 2 rings (SSSR count). The Morgan fingerprint density at radius 3 is 2.89 bits per heavy atom. The van der Waals surface area contributed by atoms with Gasteiger partial charge in [0.15, 0.2) is 11.6 Å². The number of benzene rings is 1. The van der Waals surface area contributed by atoms with Crippen molar-refractivity contribution in [3.8, 4) is 0 Å². The monoisotopic (exact) mass is 319 g/mol. The van der Waals surface area contributed by atoms with E-state index >= 15 is 0 Å². The van der Waals surface area contributed by atoms with Crippen molar-refractivity contribution in [3.05, 3.63) is 33.8 Å². The lowest BCUT2D eigenvalue weighted by Crippen LogP contribution is -2.44. The molecule has 1 aliphatic heterocycles. The van der Waals surface area contributed by atoms with Crippen LogP contribution in [0.1, 0.15) is 17.3 Å². The Hall–Kier alpha value is -1.01. The van der Waals surface area contributed by atoms with Crippen LogP contribution in [0.3, 0.4) is 0 Å². The van der Waals surface area contributed by atoms with Crippen LogP contribution < -0.4 is 0 Å². The van der Waals surface area contributed by atoms with Crippen LogP contribution in [0.15, 0.2) is 16.6 Å². The van der Waals surface area contributed by atoms with Gasteiger partial charge >= 0.3 is 0 Å². The third-order valence-corrected chi connectivity index (χ3v) is 3.21. The smallest absolute Gasteiger partial charge is 0.257 e. The van der Waals surface area contributed by atoms with Crippen molar-refractivity contribution in [2.75, 3.05) is 19.7 Å². The fraction of sp³-hybridized carbons (Fsp3) is 0.417. The van der Waals surface area contributed by atoms with Crippen LogP contribution in [0.25, 0.3) is 0 Å². The molecule has 6 heteroatoms. The fourth-order valence-corrected chi connectivity index (χ4v) is 2.31. The zero-order valence-corrected chi connectivity index (χ0v) is 11.3. The van der Waals surface area contributed by atoms with Gasteiger partial charge in [-0.05, 0) is 19.1 Å². The van der Waals surface area contributed by atoms with E-state index in [1.165, 1.54) is 11.0 Å². The van der Waals surface area contributed by atoms with Crippen molar-refractivity contribution >= 4 is 21.8 Å². The van der Waals surface area contributed by atoms with Crippen LogP contribution >= 0.6 is 15.9 Å². The number of hydrogen-bond acceptors (Lipinski definition) is 2. The van der Waals surface area contributed by atoms with Gasteiger partial charge in [0.1, 0.15) is 0 Å². The standard InChI is InChI=1S/C12H12BrF2NO2/c1-7-6-16(2-3-18-7)12(17)9-4-8(13)5-10(14)11(9)15/h4-5,7H,2-3,6H2,1H3/t7-/m0/s1. The van der Waals surface area contributed by atoms with E-state index in [1.807, 2.05) is 6.92 Å². The van der Waals surface area contributed by atoms with Crippen molar-refractivity contribution in [1.29, 1.82) is 0 Å². The molecule has 3 nitrogen and oxygen atoms in total. The van der Waals surface area contributed by atoms with Crippen molar-refractivity contribution in [3.63, 3.8) is 0 Å². The fourth-order valence-electron chi connectivity index (χ4n) is 1.88. The van der Waals surface area contributed by atoms with Gasteiger partial charge in [-0.1, -0.05) is 15.9 Å².